The number of hydrogen-bond donors (Lipinski definition) is 4. The zero-order valence-electron chi connectivity index (χ0n) is 17.4. The molecule has 5 aromatic rings. The first kappa shape index (κ1) is 19.4. The van der Waals surface area contributed by atoms with Crippen LogP contribution in [0.4, 0.5) is 17.3 Å². The molecule has 8 nitrogen and oxygen atoms in total. The summed E-state index contributed by atoms with van der Waals surface area (Å²) in [6, 6.07) is 18.2. The minimum atomic E-state index is 0.657. The molecule has 5 rings (SSSR count). The van der Waals surface area contributed by atoms with Crippen molar-refractivity contribution in [2.45, 2.75) is 0 Å². The summed E-state index contributed by atoms with van der Waals surface area (Å²) in [6.07, 6.45) is 8.61. The van der Waals surface area contributed by atoms with Gasteiger partial charge in [0.15, 0.2) is 5.82 Å². The number of fused-ring (bicyclic) bond motifs is 1. The van der Waals surface area contributed by atoms with Crippen LogP contribution in [0, 0.1) is 0 Å². The maximum absolute atomic E-state index is 5.44. The Morgan fingerprint density at radius 2 is 1.84 bits per heavy atom. The summed E-state index contributed by atoms with van der Waals surface area (Å²) < 4.78 is 2.07. The van der Waals surface area contributed by atoms with E-state index in [2.05, 4.69) is 48.6 Å². The van der Waals surface area contributed by atoms with Crippen molar-refractivity contribution in [1.82, 2.24) is 24.7 Å². The average molecular weight is 422 g/mol. The highest BCUT2D eigenvalue weighted by atomic mass is 15.1. The Morgan fingerprint density at radius 3 is 2.62 bits per heavy atom. The van der Waals surface area contributed by atoms with Crippen LogP contribution in [0.1, 0.15) is 0 Å². The van der Waals surface area contributed by atoms with Crippen LogP contribution in [0.15, 0.2) is 85.6 Å². The molecule has 5 N–H and O–H groups in total. The van der Waals surface area contributed by atoms with E-state index in [4.69, 9.17) is 10.7 Å². The van der Waals surface area contributed by atoms with E-state index < -0.39 is 0 Å². The predicted octanol–water partition coefficient (Wildman–Crippen LogP) is 4.61. The maximum Gasteiger partial charge on any atom is 0.161 e. The van der Waals surface area contributed by atoms with E-state index in [-0.39, 0.29) is 0 Å². The van der Waals surface area contributed by atoms with E-state index in [9.17, 15) is 0 Å². The highest BCUT2D eigenvalue weighted by Crippen LogP contribution is 2.28. The number of aromatic nitrogens is 5. The highest BCUT2D eigenvalue weighted by Gasteiger charge is 2.09. The SMILES string of the molecule is Cn1c(N/C=C\N)cc2ccc(-c3nccc(Nc4ccc(-c5cn[nH]c5)cc4)n3)cc21. The Kier molecular flexibility index (Phi) is 5.01. The first-order valence-electron chi connectivity index (χ1n) is 10.1. The first-order valence-corrected chi connectivity index (χ1v) is 10.1. The quantitative estimate of drug-likeness (QED) is 0.318. The van der Waals surface area contributed by atoms with Gasteiger partial charge in [-0.05, 0) is 35.9 Å². The molecule has 0 bridgehead atoms. The Labute approximate surface area is 184 Å². The van der Waals surface area contributed by atoms with Gasteiger partial charge in [0, 0.05) is 54.0 Å². The van der Waals surface area contributed by atoms with Crippen molar-refractivity contribution < 1.29 is 0 Å². The van der Waals surface area contributed by atoms with Gasteiger partial charge in [0.2, 0.25) is 0 Å². The van der Waals surface area contributed by atoms with Crippen LogP contribution in [0.2, 0.25) is 0 Å². The summed E-state index contributed by atoms with van der Waals surface area (Å²) >= 11 is 0. The van der Waals surface area contributed by atoms with Crippen LogP contribution < -0.4 is 16.4 Å². The standard InChI is InChI=1S/C24H22N8/c1-32-21-12-18(3-2-17(21)13-23(32)26-11-9-25)24-27-10-8-22(31-24)30-20-6-4-16(5-7-20)19-14-28-29-15-19/h2-15,26H,25H2,1H3,(H,28,29)(H,27,30,31)/b11-9-. The van der Waals surface area contributed by atoms with E-state index >= 15 is 0 Å². The fourth-order valence-corrected chi connectivity index (χ4v) is 3.61. The van der Waals surface area contributed by atoms with Gasteiger partial charge >= 0.3 is 0 Å². The van der Waals surface area contributed by atoms with Gasteiger partial charge in [0.25, 0.3) is 0 Å². The number of aryl methyl sites for hydroxylation is 1. The van der Waals surface area contributed by atoms with Crippen LogP contribution in [0.5, 0.6) is 0 Å². The molecule has 0 radical (unpaired) electrons. The molecule has 0 aliphatic rings. The molecule has 8 heteroatoms. The minimum absolute atomic E-state index is 0.657. The molecule has 0 amide bonds. The van der Waals surface area contributed by atoms with E-state index in [0.29, 0.717) is 5.82 Å². The lowest BCUT2D eigenvalue weighted by Gasteiger charge is -2.08. The number of benzene rings is 2. The van der Waals surface area contributed by atoms with Gasteiger partial charge in [-0.15, -0.1) is 0 Å². The third-order valence-electron chi connectivity index (χ3n) is 5.28. The van der Waals surface area contributed by atoms with Crippen LogP contribution in [-0.4, -0.2) is 24.7 Å². The highest BCUT2D eigenvalue weighted by molar-refractivity contribution is 5.88. The Morgan fingerprint density at radius 1 is 1.00 bits per heavy atom. The van der Waals surface area contributed by atoms with Crippen molar-refractivity contribution in [2.75, 3.05) is 10.6 Å². The van der Waals surface area contributed by atoms with E-state index in [1.54, 1.807) is 18.6 Å². The summed E-state index contributed by atoms with van der Waals surface area (Å²) in [5.74, 6) is 2.34. The van der Waals surface area contributed by atoms with E-state index in [0.717, 1.165) is 44.9 Å². The fraction of sp³-hybridized carbons (Fsp3) is 0.0417. The summed E-state index contributed by atoms with van der Waals surface area (Å²) in [6.45, 7) is 0. The van der Waals surface area contributed by atoms with Gasteiger partial charge in [0.05, 0.1) is 11.7 Å². The smallest absolute Gasteiger partial charge is 0.161 e. The van der Waals surface area contributed by atoms with Gasteiger partial charge in [-0.2, -0.15) is 5.10 Å². The Balaban J connectivity index is 1.40. The second kappa shape index (κ2) is 8.27. The van der Waals surface area contributed by atoms with Crippen LogP contribution in [-0.2, 0) is 7.05 Å². The number of anilines is 3. The van der Waals surface area contributed by atoms with Crippen LogP contribution in [0.3, 0.4) is 0 Å². The summed E-state index contributed by atoms with van der Waals surface area (Å²) in [4.78, 5) is 9.19. The second-order valence-electron chi connectivity index (χ2n) is 7.32. The number of rotatable bonds is 6. The third-order valence-corrected chi connectivity index (χ3v) is 5.28. The van der Waals surface area contributed by atoms with Crippen molar-refractivity contribution in [3.05, 3.63) is 85.6 Å². The molecule has 0 spiro atoms. The number of aromatic amines is 1. The summed E-state index contributed by atoms with van der Waals surface area (Å²) in [5.41, 5.74) is 10.6. The minimum Gasteiger partial charge on any atom is -0.403 e. The lowest BCUT2D eigenvalue weighted by atomic mass is 10.1. The zero-order valence-corrected chi connectivity index (χ0v) is 17.4. The van der Waals surface area contributed by atoms with Gasteiger partial charge < -0.3 is 20.9 Å². The molecule has 0 unspecified atom stereocenters. The van der Waals surface area contributed by atoms with Gasteiger partial charge in [-0.1, -0.05) is 24.3 Å². The number of H-pyrrole nitrogens is 1. The molecule has 3 aromatic heterocycles. The van der Waals surface area contributed by atoms with Crippen molar-refractivity contribution in [3.8, 4) is 22.5 Å². The summed E-state index contributed by atoms with van der Waals surface area (Å²) in [7, 11) is 2.00. The van der Waals surface area contributed by atoms with Gasteiger partial charge in [-0.25, -0.2) is 9.97 Å². The maximum atomic E-state index is 5.44. The fourth-order valence-electron chi connectivity index (χ4n) is 3.61. The molecule has 0 aliphatic carbocycles. The average Bonchev–Trinajstić information content (AvgIpc) is 3.47. The van der Waals surface area contributed by atoms with Gasteiger partial charge in [-0.3, -0.25) is 5.10 Å². The molecular formula is C24H22N8. The lowest BCUT2D eigenvalue weighted by Crippen LogP contribution is -1.98. The number of nitrogens with two attached hydrogens (primary N) is 1. The van der Waals surface area contributed by atoms with Crippen LogP contribution >= 0.6 is 0 Å². The number of hydrogen-bond acceptors (Lipinski definition) is 6. The molecule has 0 aliphatic heterocycles. The second-order valence-corrected chi connectivity index (χ2v) is 7.32. The molecular weight excluding hydrogens is 400 g/mol. The van der Waals surface area contributed by atoms with Crippen molar-refractivity contribution in [3.63, 3.8) is 0 Å². The molecule has 0 saturated heterocycles. The van der Waals surface area contributed by atoms with E-state index in [1.807, 2.05) is 49.6 Å². The number of nitrogens with one attached hydrogen (secondary N) is 3. The molecule has 32 heavy (non-hydrogen) atoms. The summed E-state index contributed by atoms with van der Waals surface area (Å²) in [5, 5.41) is 14.5. The first-order chi connectivity index (χ1) is 15.7. The monoisotopic (exact) mass is 422 g/mol. The lowest BCUT2D eigenvalue weighted by molar-refractivity contribution is 0.976. The molecule has 2 aromatic carbocycles. The van der Waals surface area contributed by atoms with Gasteiger partial charge in [0.1, 0.15) is 11.6 Å². The molecule has 0 saturated carbocycles. The van der Waals surface area contributed by atoms with Crippen molar-refractivity contribution >= 4 is 28.2 Å². The predicted molar refractivity (Wildman–Crippen MR) is 128 cm³/mol. The molecule has 0 fully saturated rings. The molecule has 3 heterocycles. The van der Waals surface area contributed by atoms with Crippen LogP contribution in [0.25, 0.3) is 33.4 Å². The Bertz CT molecular complexity index is 1380. The number of nitrogens with zero attached hydrogens (tertiary/aromatic N) is 4. The third kappa shape index (κ3) is 3.77. The molecule has 158 valence electrons. The zero-order chi connectivity index (χ0) is 21.9. The Hall–Kier alpha value is -4.59. The van der Waals surface area contributed by atoms with E-state index in [1.165, 1.54) is 6.20 Å². The topological polar surface area (TPSA) is 109 Å². The largest absolute Gasteiger partial charge is 0.403 e. The van der Waals surface area contributed by atoms with Crippen molar-refractivity contribution in [1.29, 1.82) is 0 Å². The molecule has 0 atom stereocenters. The van der Waals surface area contributed by atoms with Crippen molar-refractivity contribution in [2.24, 2.45) is 12.8 Å². The normalized spacial score (nSPS) is 11.3.